The van der Waals surface area contributed by atoms with E-state index >= 15 is 0 Å². The van der Waals surface area contributed by atoms with Crippen LogP contribution in [0.4, 0.5) is 0 Å². The van der Waals surface area contributed by atoms with Crippen molar-refractivity contribution in [2.45, 2.75) is 0 Å². The Balaban J connectivity index is 2.37. The molecule has 3 aromatic carbocycles. The van der Waals surface area contributed by atoms with E-state index in [-0.39, 0.29) is 0 Å². The molecule has 0 aliphatic heterocycles. The Morgan fingerprint density at radius 1 is 0.600 bits per heavy atom. The molecule has 0 saturated carbocycles. The first-order chi connectivity index (χ1) is 12.3. The van der Waals surface area contributed by atoms with Crippen LogP contribution in [0, 0.1) is 0 Å². The third-order valence-corrected chi connectivity index (χ3v) is 33.5. The van der Waals surface area contributed by atoms with Crippen molar-refractivity contribution in [1.82, 2.24) is 0 Å². The molecule has 0 unspecified atom stereocenters. The molecule has 3 aromatic rings. The van der Waals surface area contributed by atoms with Crippen LogP contribution in [0.25, 0.3) is 0 Å². The second kappa shape index (κ2) is 9.08. The van der Waals surface area contributed by atoms with Crippen LogP contribution in [0.1, 0.15) is 0 Å². The molecule has 0 N–H and O–H groups in total. The van der Waals surface area contributed by atoms with Gasteiger partial charge >= 0.3 is 173 Å². The number of halogens is 3. The van der Waals surface area contributed by atoms with Crippen LogP contribution in [0.2, 0.25) is 0 Å². The summed E-state index contributed by atoms with van der Waals surface area (Å²) in [6, 6.07) is 28.4. The van der Waals surface area contributed by atoms with Gasteiger partial charge in [-0.1, -0.05) is 0 Å². The van der Waals surface area contributed by atoms with Gasteiger partial charge in [-0.15, -0.1) is 0 Å². The van der Waals surface area contributed by atoms with Crippen LogP contribution in [0.3, 0.4) is 0 Å². The predicted molar refractivity (Wildman–Crippen MR) is 126 cm³/mol. The van der Waals surface area contributed by atoms with Gasteiger partial charge in [0, 0.05) is 0 Å². The normalized spacial score (nSPS) is 12.9. The molecule has 0 nitrogen and oxygen atoms in total. The summed E-state index contributed by atoms with van der Waals surface area (Å²) in [5.74, 6) is 0. The molecule has 25 heavy (non-hydrogen) atoms. The second-order valence-corrected chi connectivity index (χ2v) is 28.6. The molecule has 7 heteroatoms. The van der Waals surface area contributed by atoms with Crippen molar-refractivity contribution in [3.63, 3.8) is 0 Å². The number of hydrogen-bond acceptors (Lipinski definition) is 0. The van der Waals surface area contributed by atoms with Crippen molar-refractivity contribution >= 4 is 94.4 Å². The maximum atomic E-state index is 6.93. The molecular formula is C18H19Cl3GeSi3. The second-order valence-electron chi connectivity index (χ2n) is 5.98. The van der Waals surface area contributed by atoms with Crippen molar-refractivity contribution in [3.8, 4) is 0 Å². The zero-order chi connectivity index (χ0) is 17.7. The molecule has 0 radical (unpaired) electrons. The van der Waals surface area contributed by atoms with E-state index < -0.39 is 37.6 Å². The third-order valence-electron chi connectivity index (χ3n) is 4.74. The fourth-order valence-electron chi connectivity index (χ4n) is 3.47. The van der Waals surface area contributed by atoms with E-state index in [2.05, 4.69) is 78.9 Å². The van der Waals surface area contributed by atoms with Crippen LogP contribution in [0.5, 0.6) is 0 Å². The van der Waals surface area contributed by atoms with Crippen LogP contribution >= 0.6 is 33.2 Å². The standard InChI is InChI=1S/C18H19Cl3GeSi3/c19-23-17-13-7-12-16(18(17)24-20)22(25-21,14-8-3-1-4-9-14)15-10-5-2-6-11-15/h1-13H,23-25H2. The summed E-state index contributed by atoms with van der Waals surface area (Å²) in [4.78, 5) is 0. The fraction of sp³-hybridized carbons (Fsp3) is 0. The average molecular weight is 499 g/mol. The fourth-order valence-corrected chi connectivity index (χ4v) is 34.4. The summed E-state index contributed by atoms with van der Waals surface area (Å²) in [7, 11) is -2.45. The van der Waals surface area contributed by atoms with E-state index in [1.165, 1.54) is 23.6 Å². The van der Waals surface area contributed by atoms with E-state index in [9.17, 15) is 0 Å². The first-order valence-corrected chi connectivity index (χ1v) is 24.3. The van der Waals surface area contributed by atoms with Crippen molar-refractivity contribution in [2.75, 3.05) is 0 Å². The Bertz CT molecular complexity index is 792. The molecule has 0 aromatic heterocycles. The van der Waals surface area contributed by atoms with Gasteiger partial charge in [0.25, 0.3) is 0 Å². The van der Waals surface area contributed by atoms with Crippen molar-refractivity contribution in [2.24, 2.45) is 0 Å². The molecule has 0 atom stereocenters. The molecule has 128 valence electrons. The van der Waals surface area contributed by atoms with Gasteiger partial charge < -0.3 is 0 Å². The molecule has 0 amide bonds. The van der Waals surface area contributed by atoms with Crippen molar-refractivity contribution in [3.05, 3.63) is 78.9 Å². The van der Waals surface area contributed by atoms with E-state index in [4.69, 9.17) is 33.2 Å². The van der Waals surface area contributed by atoms with Crippen LogP contribution in [-0.2, 0) is 0 Å². The van der Waals surface area contributed by atoms with Gasteiger partial charge in [0.05, 0.1) is 0 Å². The molecule has 3 rings (SSSR count). The van der Waals surface area contributed by atoms with Gasteiger partial charge in [0.15, 0.2) is 0 Å². The molecule has 0 bridgehead atoms. The maximum absolute atomic E-state index is 6.93. The van der Waals surface area contributed by atoms with Crippen LogP contribution in [0.15, 0.2) is 78.9 Å². The van der Waals surface area contributed by atoms with Crippen molar-refractivity contribution in [1.29, 1.82) is 0 Å². The number of benzene rings is 3. The molecule has 0 heterocycles. The zero-order valence-corrected chi connectivity index (χ0v) is 22.4. The van der Waals surface area contributed by atoms with E-state index in [1.807, 2.05) is 0 Å². The minimum atomic E-state index is -2.86. The zero-order valence-electron chi connectivity index (χ0n) is 13.8. The Morgan fingerprint density at radius 3 is 1.60 bits per heavy atom. The predicted octanol–water partition coefficient (Wildman–Crippen LogP) is -0.128. The van der Waals surface area contributed by atoms with Gasteiger partial charge in [0.1, 0.15) is 0 Å². The Morgan fingerprint density at radius 2 is 1.16 bits per heavy atom. The van der Waals surface area contributed by atoms with E-state index in [0.717, 1.165) is 0 Å². The molecule has 0 saturated heterocycles. The van der Waals surface area contributed by atoms with E-state index in [0.29, 0.717) is 0 Å². The molecule has 0 aliphatic carbocycles. The SMILES string of the molecule is Cl[SiH2]c1ccc[c]([Ge]([SiH2]Cl)([c]2ccccc2)[c]2ccccc2)c1[SiH2]Cl. The molecule has 0 spiro atoms. The molecular weight excluding hydrogens is 479 g/mol. The monoisotopic (exact) mass is 498 g/mol. The van der Waals surface area contributed by atoms with Gasteiger partial charge in [-0.2, -0.15) is 0 Å². The molecule has 0 fully saturated rings. The first-order valence-electron chi connectivity index (χ1n) is 8.18. The first kappa shape index (κ1) is 19.5. The van der Waals surface area contributed by atoms with Gasteiger partial charge in [0.2, 0.25) is 0 Å². The van der Waals surface area contributed by atoms with Gasteiger partial charge in [-0.25, -0.2) is 0 Å². The van der Waals surface area contributed by atoms with Gasteiger partial charge in [-0.3, -0.25) is 0 Å². The third kappa shape index (κ3) is 3.74. The summed E-state index contributed by atoms with van der Waals surface area (Å²) < 4.78 is 4.33. The van der Waals surface area contributed by atoms with Crippen LogP contribution in [-0.4, -0.2) is 37.6 Å². The van der Waals surface area contributed by atoms with Gasteiger partial charge in [-0.05, 0) is 0 Å². The summed E-state index contributed by atoms with van der Waals surface area (Å²) >= 11 is 17.0. The molecule has 0 aliphatic rings. The summed E-state index contributed by atoms with van der Waals surface area (Å²) in [5.41, 5.74) is 0. The number of rotatable bonds is 6. The Labute approximate surface area is 172 Å². The minimum absolute atomic E-state index is 0.770. The Kier molecular flexibility index (Phi) is 7.08. The summed E-state index contributed by atoms with van der Waals surface area (Å²) in [6.07, 6.45) is 0. The summed E-state index contributed by atoms with van der Waals surface area (Å²) in [5, 5.41) is 2.70. The topological polar surface area (TPSA) is 0 Å². The van der Waals surface area contributed by atoms with Crippen LogP contribution < -0.4 is 23.6 Å². The van der Waals surface area contributed by atoms with E-state index in [1.54, 1.807) is 0 Å². The quantitative estimate of drug-likeness (QED) is 0.328. The summed E-state index contributed by atoms with van der Waals surface area (Å²) in [6.45, 7) is 0. The van der Waals surface area contributed by atoms with Crippen molar-refractivity contribution < 1.29 is 0 Å². The average Bonchev–Trinajstić information content (AvgIpc) is 2.70. The number of hydrogen-bond donors (Lipinski definition) is 0. The Hall–Kier alpha value is -0.276.